The van der Waals surface area contributed by atoms with E-state index in [9.17, 15) is 14.4 Å². The molecule has 0 heterocycles. The molecule has 0 spiro atoms. The SMILES string of the molecule is CC1CCC(=O)C2=C1C(=O)C(CC(=O)O)C2. The molecule has 0 radical (unpaired) electrons. The fourth-order valence-electron chi connectivity index (χ4n) is 2.64. The summed E-state index contributed by atoms with van der Waals surface area (Å²) in [6, 6.07) is 0. The second-order valence-corrected chi connectivity index (χ2v) is 4.62. The molecule has 4 heteroatoms. The standard InChI is InChI=1S/C12H14O4/c1-6-2-3-9(13)8-4-7(5-10(14)15)12(16)11(6)8/h6-7H,2-5H2,1H3,(H,14,15). The van der Waals surface area contributed by atoms with Crippen LogP contribution in [-0.2, 0) is 14.4 Å². The molecule has 0 bridgehead atoms. The zero-order chi connectivity index (χ0) is 11.9. The summed E-state index contributed by atoms with van der Waals surface area (Å²) in [4.78, 5) is 34.2. The lowest BCUT2D eigenvalue weighted by Crippen LogP contribution is -2.19. The molecule has 0 aromatic rings. The number of allylic oxidation sites excluding steroid dienone is 2. The number of carbonyl (C=O) groups is 3. The Balaban J connectivity index is 2.26. The Morgan fingerprint density at radius 3 is 2.69 bits per heavy atom. The van der Waals surface area contributed by atoms with Crippen LogP contribution in [0.2, 0.25) is 0 Å². The molecule has 86 valence electrons. The first-order valence-corrected chi connectivity index (χ1v) is 5.53. The van der Waals surface area contributed by atoms with E-state index in [2.05, 4.69) is 0 Å². The number of Topliss-reactive ketones (excluding diaryl/α,β-unsaturated/α-hetero) is 2. The lowest BCUT2D eigenvalue weighted by atomic mass is 9.84. The van der Waals surface area contributed by atoms with Gasteiger partial charge in [-0.15, -0.1) is 0 Å². The number of ketones is 2. The molecule has 0 amide bonds. The summed E-state index contributed by atoms with van der Waals surface area (Å²) < 4.78 is 0. The molecular formula is C12H14O4. The summed E-state index contributed by atoms with van der Waals surface area (Å²) in [6.45, 7) is 1.93. The highest BCUT2D eigenvalue weighted by atomic mass is 16.4. The van der Waals surface area contributed by atoms with Gasteiger partial charge in [0.25, 0.3) is 0 Å². The molecule has 0 aromatic heterocycles. The number of carboxylic acid groups (broad SMARTS) is 1. The van der Waals surface area contributed by atoms with Gasteiger partial charge in [-0.1, -0.05) is 6.92 Å². The number of rotatable bonds is 2. The van der Waals surface area contributed by atoms with Crippen molar-refractivity contribution in [3.63, 3.8) is 0 Å². The smallest absolute Gasteiger partial charge is 0.304 e. The van der Waals surface area contributed by atoms with E-state index in [1.54, 1.807) is 0 Å². The molecule has 0 aliphatic heterocycles. The highest BCUT2D eigenvalue weighted by Gasteiger charge is 2.40. The minimum atomic E-state index is -0.974. The van der Waals surface area contributed by atoms with Gasteiger partial charge in [-0.05, 0) is 18.8 Å². The van der Waals surface area contributed by atoms with Gasteiger partial charge in [0, 0.05) is 23.5 Å². The van der Waals surface area contributed by atoms with Crippen LogP contribution in [0.25, 0.3) is 0 Å². The molecule has 0 fully saturated rings. The second-order valence-electron chi connectivity index (χ2n) is 4.62. The molecule has 2 aliphatic carbocycles. The molecule has 2 atom stereocenters. The summed E-state index contributed by atoms with van der Waals surface area (Å²) in [5.74, 6) is -1.45. The molecule has 0 aromatic carbocycles. The van der Waals surface area contributed by atoms with Gasteiger partial charge in [-0.2, -0.15) is 0 Å². The van der Waals surface area contributed by atoms with E-state index in [1.807, 2.05) is 6.92 Å². The largest absolute Gasteiger partial charge is 0.481 e. The number of hydrogen-bond acceptors (Lipinski definition) is 3. The van der Waals surface area contributed by atoms with E-state index in [-0.39, 0.29) is 23.9 Å². The highest BCUT2D eigenvalue weighted by molar-refractivity contribution is 6.12. The van der Waals surface area contributed by atoms with Crippen molar-refractivity contribution < 1.29 is 19.5 Å². The van der Waals surface area contributed by atoms with Crippen LogP contribution in [0.5, 0.6) is 0 Å². The van der Waals surface area contributed by atoms with E-state index in [1.165, 1.54) is 0 Å². The van der Waals surface area contributed by atoms with Gasteiger partial charge in [-0.25, -0.2) is 0 Å². The summed E-state index contributed by atoms with van der Waals surface area (Å²) >= 11 is 0. The van der Waals surface area contributed by atoms with Crippen molar-refractivity contribution >= 4 is 17.5 Å². The Morgan fingerprint density at radius 1 is 1.44 bits per heavy atom. The maximum Gasteiger partial charge on any atom is 0.304 e. The average molecular weight is 222 g/mol. The monoisotopic (exact) mass is 222 g/mol. The van der Waals surface area contributed by atoms with Gasteiger partial charge in [0.05, 0.1) is 6.42 Å². The van der Waals surface area contributed by atoms with Crippen molar-refractivity contribution in [2.45, 2.75) is 32.6 Å². The highest BCUT2D eigenvalue weighted by Crippen LogP contribution is 2.40. The van der Waals surface area contributed by atoms with Gasteiger partial charge in [0.1, 0.15) is 0 Å². The minimum absolute atomic E-state index is 0.0364. The third kappa shape index (κ3) is 1.68. The van der Waals surface area contributed by atoms with Crippen molar-refractivity contribution in [3.05, 3.63) is 11.1 Å². The van der Waals surface area contributed by atoms with Crippen molar-refractivity contribution in [2.24, 2.45) is 11.8 Å². The third-order valence-corrected chi connectivity index (χ3v) is 3.47. The first-order chi connectivity index (χ1) is 7.50. The number of carboxylic acids is 1. The first-order valence-electron chi connectivity index (χ1n) is 5.53. The quantitative estimate of drug-likeness (QED) is 0.765. The van der Waals surface area contributed by atoms with Crippen LogP contribution in [0.1, 0.15) is 32.6 Å². The van der Waals surface area contributed by atoms with Gasteiger partial charge in [0.15, 0.2) is 11.6 Å². The van der Waals surface area contributed by atoms with Crippen molar-refractivity contribution in [1.82, 2.24) is 0 Å². The van der Waals surface area contributed by atoms with Gasteiger partial charge in [0.2, 0.25) is 0 Å². The number of hydrogen-bond donors (Lipinski definition) is 1. The molecule has 16 heavy (non-hydrogen) atoms. The van der Waals surface area contributed by atoms with Crippen molar-refractivity contribution in [3.8, 4) is 0 Å². The van der Waals surface area contributed by atoms with Crippen molar-refractivity contribution in [1.29, 1.82) is 0 Å². The van der Waals surface area contributed by atoms with Crippen LogP contribution in [-0.4, -0.2) is 22.6 Å². The van der Waals surface area contributed by atoms with E-state index >= 15 is 0 Å². The zero-order valence-electron chi connectivity index (χ0n) is 9.16. The Kier molecular flexibility index (Phi) is 2.66. The van der Waals surface area contributed by atoms with Crippen molar-refractivity contribution in [2.75, 3.05) is 0 Å². The molecule has 0 saturated heterocycles. The van der Waals surface area contributed by atoms with E-state index in [0.717, 1.165) is 0 Å². The summed E-state index contributed by atoms with van der Waals surface area (Å²) in [7, 11) is 0. The average Bonchev–Trinajstić information content (AvgIpc) is 2.51. The zero-order valence-corrected chi connectivity index (χ0v) is 9.16. The maximum atomic E-state index is 12.0. The molecule has 2 aliphatic rings. The van der Waals surface area contributed by atoms with Gasteiger partial charge >= 0.3 is 5.97 Å². The molecule has 4 nitrogen and oxygen atoms in total. The molecule has 1 N–H and O–H groups in total. The van der Waals surface area contributed by atoms with Crippen LogP contribution < -0.4 is 0 Å². The lowest BCUT2D eigenvalue weighted by molar-refractivity contribution is -0.139. The molecule has 2 rings (SSSR count). The van der Waals surface area contributed by atoms with Crippen LogP contribution in [0, 0.1) is 11.8 Å². The Morgan fingerprint density at radius 2 is 2.12 bits per heavy atom. The molecular weight excluding hydrogens is 208 g/mol. The number of aliphatic carboxylic acids is 1. The summed E-state index contributed by atoms with van der Waals surface area (Å²) in [5.41, 5.74) is 1.22. The first kappa shape index (κ1) is 11.0. The lowest BCUT2D eigenvalue weighted by Gasteiger charge is -2.18. The predicted molar refractivity (Wildman–Crippen MR) is 55.8 cm³/mol. The van der Waals surface area contributed by atoms with E-state index in [4.69, 9.17) is 5.11 Å². The van der Waals surface area contributed by atoms with E-state index in [0.29, 0.717) is 30.4 Å². The Bertz CT molecular complexity index is 405. The maximum absolute atomic E-state index is 12.0. The molecule has 2 unspecified atom stereocenters. The van der Waals surface area contributed by atoms with Gasteiger partial charge in [-0.3, -0.25) is 14.4 Å². The minimum Gasteiger partial charge on any atom is -0.481 e. The predicted octanol–water partition coefficient (Wildman–Crippen LogP) is 1.35. The third-order valence-electron chi connectivity index (χ3n) is 3.47. The van der Waals surface area contributed by atoms with Gasteiger partial charge < -0.3 is 5.11 Å². The topological polar surface area (TPSA) is 71.4 Å². The van der Waals surface area contributed by atoms with Crippen LogP contribution >= 0.6 is 0 Å². The fraction of sp³-hybridized carbons (Fsp3) is 0.583. The van der Waals surface area contributed by atoms with Crippen LogP contribution in [0.15, 0.2) is 11.1 Å². The summed E-state index contributed by atoms with van der Waals surface area (Å²) in [6.07, 6.45) is 1.38. The second kappa shape index (κ2) is 3.85. The van der Waals surface area contributed by atoms with Crippen LogP contribution in [0.3, 0.4) is 0 Å². The number of carbonyl (C=O) groups excluding carboxylic acids is 2. The normalized spacial score (nSPS) is 29.6. The summed E-state index contributed by atoms with van der Waals surface area (Å²) in [5, 5.41) is 8.70. The Labute approximate surface area is 93.3 Å². The Hall–Kier alpha value is -1.45. The van der Waals surface area contributed by atoms with Crippen LogP contribution in [0.4, 0.5) is 0 Å². The fourth-order valence-corrected chi connectivity index (χ4v) is 2.64. The molecule has 0 saturated carbocycles. The van der Waals surface area contributed by atoms with E-state index < -0.39 is 11.9 Å².